The summed E-state index contributed by atoms with van der Waals surface area (Å²) < 4.78 is 12.2. The molecule has 3 aromatic rings. The van der Waals surface area contributed by atoms with Crippen molar-refractivity contribution in [2.24, 2.45) is 18.0 Å². The maximum absolute atomic E-state index is 13.7. The first-order valence-electron chi connectivity index (χ1n) is 12.3. The van der Waals surface area contributed by atoms with Gasteiger partial charge in [-0.2, -0.15) is 5.10 Å². The van der Waals surface area contributed by atoms with Gasteiger partial charge in [0.1, 0.15) is 11.4 Å². The minimum Gasteiger partial charge on any atom is -0.453 e. The van der Waals surface area contributed by atoms with E-state index in [0.29, 0.717) is 51.5 Å². The molecule has 1 spiro atoms. The molecule has 3 aliphatic rings. The Balaban J connectivity index is 1.27. The van der Waals surface area contributed by atoms with Crippen molar-refractivity contribution in [1.29, 1.82) is 0 Å². The van der Waals surface area contributed by atoms with Crippen LogP contribution < -0.4 is 0 Å². The van der Waals surface area contributed by atoms with Crippen LogP contribution in [0.4, 0.5) is 4.79 Å². The third-order valence-electron chi connectivity index (χ3n) is 7.59. The smallest absolute Gasteiger partial charge is 0.409 e. The summed E-state index contributed by atoms with van der Waals surface area (Å²) in [6, 6.07) is 14.6. The summed E-state index contributed by atoms with van der Waals surface area (Å²) in [7, 11) is 3.33. The second-order valence-corrected chi connectivity index (χ2v) is 9.86. The van der Waals surface area contributed by atoms with Crippen LogP contribution in [0.1, 0.15) is 18.4 Å². The number of nitrogens with zero attached hydrogens (tertiary/aromatic N) is 5. The summed E-state index contributed by atoms with van der Waals surface area (Å²) in [6.07, 6.45) is 2.73. The molecular formula is C27H29N5O4. The highest BCUT2D eigenvalue weighted by Crippen LogP contribution is 2.36. The maximum Gasteiger partial charge on any atom is 0.409 e. The number of likely N-dealkylation sites (tertiary alicyclic amines) is 1. The normalized spacial score (nSPS) is 19.6. The molecule has 36 heavy (non-hydrogen) atoms. The number of aryl methyl sites for hydroxylation is 1. The Kier molecular flexibility index (Phi) is 5.52. The van der Waals surface area contributed by atoms with Crippen molar-refractivity contribution in [3.05, 3.63) is 54.2 Å². The second-order valence-electron chi connectivity index (χ2n) is 9.86. The molecule has 0 aliphatic carbocycles. The number of benzene rings is 2. The Morgan fingerprint density at radius 1 is 1.08 bits per heavy atom. The first-order chi connectivity index (χ1) is 17.5. The lowest BCUT2D eigenvalue weighted by Crippen LogP contribution is -2.56. The molecule has 2 fully saturated rings. The van der Waals surface area contributed by atoms with Crippen molar-refractivity contribution in [2.45, 2.75) is 18.4 Å². The van der Waals surface area contributed by atoms with Crippen LogP contribution in [-0.4, -0.2) is 82.9 Å². The fraction of sp³-hybridized carbons (Fsp3) is 0.407. The van der Waals surface area contributed by atoms with Gasteiger partial charge >= 0.3 is 6.09 Å². The number of aliphatic imine (C=N–C) groups is 1. The van der Waals surface area contributed by atoms with E-state index in [1.165, 1.54) is 7.11 Å². The highest BCUT2D eigenvalue weighted by Gasteiger charge is 2.50. The van der Waals surface area contributed by atoms with Crippen molar-refractivity contribution in [3.63, 3.8) is 0 Å². The lowest BCUT2D eigenvalue weighted by Gasteiger charge is -2.40. The topological polar surface area (TPSA) is 89.3 Å². The first-order valence-corrected chi connectivity index (χ1v) is 12.3. The standard InChI is InChI=1S/C27H29N5O4/c1-30-23-8-7-21(13-22(23)14-28-30)19-3-5-20(6-4-19)24-29-27(9-11-36-12-10-27)25(33)32(24)17-18-15-31(16-18)26(34)35-2/h3-8,13-14,18H,9-12,15-17H2,1-2H3. The number of hydrogen-bond acceptors (Lipinski definition) is 6. The molecule has 0 unspecified atom stereocenters. The Hall–Kier alpha value is -3.72. The number of ether oxygens (including phenoxy) is 2. The van der Waals surface area contributed by atoms with Gasteiger partial charge in [0.15, 0.2) is 0 Å². The summed E-state index contributed by atoms with van der Waals surface area (Å²) in [5.74, 6) is 0.954. The number of amides is 2. The SMILES string of the molecule is COC(=O)N1CC(CN2C(=O)C3(CCOCC3)N=C2c2ccc(-c3ccc4c(cnn4C)c3)cc2)C1. The van der Waals surface area contributed by atoms with E-state index in [4.69, 9.17) is 14.5 Å². The average Bonchev–Trinajstić information content (AvgIpc) is 3.38. The molecule has 0 saturated carbocycles. The van der Waals surface area contributed by atoms with Gasteiger partial charge in [-0.15, -0.1) is 0 Å². The van der Waals surface area contributed by atoms with E-state index in [0.717, 1.165) is 27.6 Å². The van der Waals surface area contributed by atoms with Crippen LogP contribution >= 0.6 is 0 Å². The van der Waals surface area contributed by atoms with Crippen LogP contribution in [0, 0.1) is 5.92 Å². The molecule has 2 aromatic carbocycles. The van der Waals surface area contributed by atoms with Gasteiger partial charge < -0.3 is 14.4 Å². The fourth-order valence-electron chi connectivity index (χ4n) is 5.46. The number of aromatic nitrogens is 2. The number of fused-ring (bicyclic) bond motifs is 1. The van der Waals surface area contributed by atoms with E-state index < -0.39 is 5.54 Å². The van der Waals surface area contributed by atoms with Crippen molar-refractivity contribution in [1.82, 2.24) is 19.6 Å². The first kappa shape index (κ1) is 22.7. The Morgan fingerprint density at radius 3 is 2.50 bits per heavy atom. The Bertz CT molecular complexity index is 1350. The van der Waals surface area contributed by atoms with E-state index in [9.17, 15) is 9.59 Å². The predicted molar refractivity (Wildman–Crippen MR) is 135 cm³/mol. The van der Waals surface area contributed by atoms with Gasteiger partial charge in [0, 0.05) is 69.6 Å². The van der Waals surface area contributed by atoms with E-state index in [2.05, 4.69) is 35.4 Å². The fourth-order valence-corrected chi connectivity index (χ4v) is 5.46. The molecule has 9 heteroatoms. The van der Waals surface area contributed by atoms with Crippen LogP contribution in [0.2, 0.25) is 0 Å². The van der Waals surface area contributed by atoms with E-state index in [1.807, 2.05) is 35.0 Å². The third kappa shape index (κ3) is 3.74. The summed E-state index contributed by atoms with van der Waals surface area (Å²) in [4.78, 5) is 34.0. The summed E-state index contributed by atoms with van der Waals surface area (Å²) in [5, 5.41) is 5.43. The predicted octanol–water partition coefficient (Wildman–Crippen LogP) is 3.08. The molecule has 3 aliphatic heterocycles. The molecular weight excluding hydrogens is 458 g/mol. The van der Waals surface area contributed by atoms with Crippen molar-refractivity contribution in [3.8, 4) is 11.1 Å². The van der Waals surface area contributed by atoms with Gasteiger partial charge in [-0.05, 0) is 23.3 Å². The van der Waals surface area contributed by atoms with Crippen molar-refractivity contribution in [2.75, 3.05) is 40.0 Å². The van der Waals surface area contributed by atoms with Crippen LogP contribution in [-0.2, 0) is 21.3 Å². The number of methoxy groups -OCH3 is 1. The van der Waals surface area contributed by atoms with Crippen LogP contribution in [0.5, 0.6) is 0 Å². The highest BCUT2D eigenvalue weighted by atomic mass is 16.5. The minimum atomic E-state index is -0.747. The zero-order valence-corrected chi connectivity index (χ0v) is 20.5. The van der Waals surface area contributed by atoms with E-state index in [-0.39, 0.29) is 17.9 Å². The summed E-state index contributed by atoms with van der Waals surface area (Å²) >= 11 is 0. The zero-order valence-electron chi connectivity index (χ0n) is 20.5. The minimum absolute atomic E-state index is 0.0448. The van der Waals surface area contributed by atoms with Crippen LogP contribution in [0.25, 0.3) is 22.0 Å². The number of rotatable bonds is 4. The largest absolute Gasteiger partial charge is 0.453 e. The molecule has 0 N–H and O–H groups in total. The van der Waals surface area contributed by atoms with Gasteiger partial charge in [0.2, 0.25) is 0 Å². The molecule has 4 heterocycles. The Labute approximate surface area is 209 Å². The molecule has 186 valence electrons. The monoisotopic (exact) mass is 487 g/mol. The Morgan fingerprint density at radius 2 is 1.78 bits per heavy atom. The lowest BCUT2D eigenvalue weighted by molar-refractivity contribution is -0.135. The molecule has 9 nitrogen and oxygen atoms in total. The zero-order chi connectivity index (χ0) is 24.9. The van der Waals surface area contributed by atoms with E-state index in [1.54, 1.807) is 4.90 Å². The summed E-state index contributed by atoms with van der Waals surface area (Å²) in [5.41, 5.74) is 3.47. The second kappa shape index (κ2) is 8.74. The number of amidine groups is 1. The van der Waals surface area contributed by atoms with Gasteiger partial charge in [-0.3, -0.25) is 19.4 Å². The van der Waals surface area contributed by atoms with Crippen LogP contribution in [0.15, 0.2) is 53.7 Å². The van der Waals surface area contributed by atoms with Crippen LogP contribution in [0.3, 0.4) is 0 Å². The molecule has 1 aromatic heterocycles. The van der Waals surface area contributed by atoms with Gasteiger partial charge in [-0.25, -0.2) is 4.79 Å². The molecule has 6 rings (SSSR count). The van der Waals surface area contributed by atoms with E-state index >= 15 is 0 Å². The molecule has 0 bridgehead atoms. The van der Waals surface area contributed by atoms with Gasteiger partial charge in [-0.1, -0.05) is 30.3 Å². The third-order valence-corrected chi connectivity index (χ3v) is 7.59. The lowest BCUT2D eigenvalue weighted by atomic mass is 9.90. The van der Waals surface area contributed by atoms with Gasteiger partial charge in [0.25, 0.3) is 5.91 Å². The molecule has 2 amide bonds. The number of carbonyl (C=O) groups is 2. The molecule has 0 atom stereocenters. The average molecular weight is 488 g/mol. The molecule has 0 radical (unpaired) electrons. The quantitative estimate of drug-likeness (QED) is 0.564. The van der Waals surface area contributed by atoms with Crippen molar-refractivity contribution >= 4 is 28.7 Å². The molecule has 2 saturated heterocycles. The van der Waals surface area contributed by atoms with Crippen molar-refractivity contribution < 1.29 is 19.1 Å². The highest BCUT2D eigenvalue weighted by molar-refractivity contribution is 6.15. The maximum atomic E-state index is 13.7. The number of carbonyl (C=O) groups excluding carboxylic acids is 2. The number of hydrogen-bond donors (Lipinski definition) is 0. The summed E-state index contributed by atoms with van der Waals surface area (Å²) in [6.45, 7) is 2.76. The van der Waals surface area contributed by atoms with Gasteiger partial charge in [0.05, 0.1) is 18.8 Å².